The van der Waals surface area contributed by atoms with E-state index in [1.165, 1.54) is 64.2 Å². The molecule has 0 aromatic heterocycles. The average molecular weight is 514 g/mol. The van der Waals surface area contributed by atoms with E-state index in [0.29, 0.717) is 25.7 Å². The summed E-state index contributed by atoms with van der Waals surface area (Å²) in [6.07, 6.45) is 17.3. The van der Waals surface area contributed by atoms with Gasteiger partial charge in [0.25, 0.3) is 0 Å². The zero-order valence-corrected chi connectivity index (χ0v) is 21.3. The molecular formula is C28H39F4NO3. The second kappa shape index (κ2) is 12.9. The molecule has 3 fully saturated rings. The van der Waals surface area contributed by atoms with Crippen molar-refractivity contribution < 1.29 is 31.9 Å². The summed E-state index contributed by atoms with van der Waals surface area (Å²) in [6.45, 7) is 2.23. The number of rotatable bonds is 17. The normalized spacial score (nSPS) is 22.0. The van der Waals surface area contributed by atoms with E-state index in [2.05, 4.69) is 12.2 Å². The fourth-order valence-corrected chi connectivity index (χ4v) is 5.64. The summed E-state index contributed by atoms with van der Waals surface area (Å²) in [5.41, 5.74) is -1.46. The maximum atomic E-state index is 13.8. The molecule has 0 saturated heterocycles. The Kier molecular flexibility index (Phi) is 10.2. The average Bonchev–Trinajstić information content (AvgIpc) is 2.79. The van der Waals surface area contributed by atoms with Crippen molar-refractivity contribution in [1.29, 1.82) is 0 Å². The highest BCUT2D eigenvalue weighted by molar-refractivity contribution is 5.86. The molecule has 4 nitrogen and oxygen atoms in total. The van der Waals surface area contributed by atoms with Gasteiger partial charge in [-0.05, 0) is 25.7 Å². The molecule has 0 spiro atoms. The number of hydrogen-bond donors (Lipinski definition) is 1. The Hall–Kier alpha value is -2.12. The molecule has 8 heteroatoms. The van der Waals surface area contributed by atoms with Crippen molar-refractivity contribution in [2.45, 2.75) is 122 Å². The Morgan fingerprint density at radius 2 is 1.22 bits per heavy atom. The van der Waals surface area contributed by atoms with E-state index < -0.39 is 45.9 Å². The number of esters is 1. The summed E-state index contributed by atoms with van der Waals surface area (Å²) in [4.78, 5) is 24.7. The minimum Gasteiger partial charge on any atom is -0.420 e. The number of benzene rings is 1. The Morgan fingerprint density at radius 3 is 1.69 bits per heavy atom. The number of unbranched alkanes of at least 4 members (excludes halogenated alkanes) is 12. The van der Waals surface area contributed by atoms with Crippen LogP contribution in [0.25, 0.3) is 0 Å². The number of amides is 1. The highest BCUT2D eigenvalue weighted by Crippen LogP contribution is 2.67. The van der Waals surface area contributed by atoms with Crippen LogP contribution < -0.4 is 10.1 Å². The van der Waals surface area contributed by atoms with Gasteiger partial charge in [0, 0.05) is 18.0 Å². The number of carbonyl (C=O) groups excluding carboxylic acids is 2. The minimum absolute atomic E-state index is 0.0603. The molecule has 2 bridgehead atoms. The van der Waals surface area contributed by atoms with E-state index in [0.717, 1.165) is 19.3 Å². The summed E-state index contributed by atoms with van der Waals surface area (Å²) >= 11 is 0. The van der Waals surface area contributed by atoms with Crippen LogP contribution in [0.3, 0.4) is 0 Å². The molecule has 3 saturated carbocycles. The number of hydrogen-bond acceptors (Lipinski definition) is 3. The molecule has 1 aromatic rings. The van der Waals surface area contributed by atoms with E-state index in [1.54, 1.807) is 0 Å². The van der Waals surface area contributed by atoms with Crippen molar-refractivity contribution in [2.75, 3.05) is 0 Å². The van der Waals surface area contributed by atoms with Gasteiger partial charge in [-0.2, -0.15) is 8.78 Å². The first-order valence-electron chi connectivity index (χ1n) is 13.6. The monoisotopic (exact) mass is 513 g/mol. The standard InChI is InChI=1S/C28H39F4NO3/c1-2-3-4-5-6-7-8-9-10-11-12-13-14-15-22(34)33-28-17-27(18-28,19-28)26(35)36-25-23(31)20(29)16-21(30)24(25)32/h16H,2-15,17-19H2,1H3,(H,33,34). The van der Waals surface area contributed by atoms with Crippen LogP contribution in [0.2, 0.25) is 0 Å². The molecule has 3 aliphatic rings. The van der Waals surface area contributed by atoms with Gasteiger partial charge in [0.1, 0.15) is 0 Å². The zero-order chi connectivity index (χ0) is 26.2. The lowest BCUT2D eigenvalue weighted by Crippen LogP contribution is -2.77. The smallest absolute Gasteiger partial charge is 0.317 e. The lowest BCUT2D eigenvalue weighted by molar-refractivity contribution is -0.197. The molecule has 36 heavy (non-hydrogen) atoms. The van der Waals surface area contributed by atoms with Crippen LogP contribution >= 0.6 is 0 Å². The van der Waals surface area contributed by atoms with Gasteiger partial charge < -0.3 is 10.1 Å². The second-order valence-electron chi connectivity index (χ2n) is 10.8. The van der Waals surface area contributed by atoms with E-state index in [4.69, 9.17) is 4.74 Å². The van der Waals surface area contributed by atoms with Gasteiger partial charge in [-0.25, -0.2) is 8.78 Å². The van der Waals surface area contributed by atoms with E-state index >= 15 is 0 Å². The van der Waals surface area contributed by atoms with Gasteiger partial charge in [-0.15, -0.1) is 0 Å². The molecule has 1 N–H and O–H groups in total. The fourth-order valence-electron chi connectivity index (χ4n) is 5.64. The quantitative estimate of drug-likeness (QED) is 0.0765. The third-order valence-electron chi connectivity index (χ3n) is 7.64. The maximum Gasteiger partial charge on any atom is 0.317 e. The molecule has 0 atom stereocenters. The van der Waals surface area contributed by atoms with Gasteiger partial charge in [-0.3, -0.25) is 9.59 Å². The SMILES string of the molecule is CCCCCCCCCCCCCCCC(=O)NC12CC(C(=O)Oc3c(F)c(F)cc(F)c3F)(C1)C2. The first-order valence-corrected chi connectivity index (χ1v) is 13.6. The molecule has 0 heterocycles. The Balaban J connectivity index is 1.23. The van der Waals surface area contributed by atoms with Crippen LogP contribution in [0.1, 0.15) is 116 Å². The van der Waals surface area contributed by atoms with Gasteiger partial charge >= 0.3 is 5.97 Å². The van der Waals surface area contributed by atoms with Crippen LogP contribution in [0, 0.1) is 28.7 Å². The summed E-state index contributed by atoms with van der Waals surface area (Å²) < 4.78 is 58.9. The second-order valence-corrected chi connectivity index (χ2v) is 10.8. The van der Waals surface area contributed by atoms with Gasteiger partial charge in [0.15, 0.2) is 11.6 Å². The molecular weight excluding hydrogens is 474 g/mol. The largest absolute Gasteiger partial charge is 0.420 e. The minimum atomic E-state index is -1.74. The van der Waals surface area contributed by atoms with Crippen molar-refractivity contribution >= 4 is 11.9 Å². The van der Waals surface area contributed by atoms with E-state index in [-0.39, 0.29) is 12.0 Å². The summed E-state index contributed by atoms with van der Waals surface area (Å²) in [6, 6.07) is 0.0603. The molecule has 4 rings (SSSR count). The lowest BCUT2D eigenvalue weighted by Gasteiger charge is -2.68. The number of carbonyl (C=O) groups is 2. The van der Waals surface area contributed by atoms with Gasteiger partial charge in [0.2, 0.25) is 23.3 Å². The third-order valence-corrected chi connectivity index (χ3v) is 7.64. The Bertz CT molecular complexity index is 875. The van der Waals surface area contributed by atoms with Crippen LogP contribution in [0.4, 0.5) is 17.6 Å². The molecule has 0 aliphatic heterocycles. The maximum absolute atomic E-state index is 13.8. The Morgan fingerprint density at radius 1 is 0.778 bits per heavy atom. The van der Waals surface area contributed by atoms with Crippen molar-refractivity contribution in [3.8, 4) is 5.75 Å². The number of ether oxygens (including phenoxy) is 1. The molecule has 202 valence electrons. The number of halogens is 4. The number of nitrogens with one attached hydrogen (secondary N) is 1. The van der Waals surface area contributed by atoms with Crippen LogP contribution in [-0.4, -0.2) is 17.4 Å². The van der Waals surface area contributed by atoms with Crippen molar-refractivity contribution in [3.63, 3.8) is 0 Å². The highest BCUT2D eigenvalue weighted by Gasteiger charge is 2.73. The van der Waals surface area contributed by atoms with E-state index in [1.807, 2.05) is 0 Å². The van der Waals surface area contributed by atoms with Crippen molar-refractivity contribution in [2.24, 2.45) is 5.41 Å². The summed E-state index contributed by atoms with van der Waals surface area (Å²) in [5, 5.41) is 2.97. The molecule has 0 radical (unpaired) electrons. The topological polar surface area (TPSA) is 55.4 Å². The molecule has 3 aliphatic carbocycles. The fraction of sp³-hybridized carbons (Fsp3) is 0.714. The van der Waals surface area contributed by atoms with Gasteiger partial charge in [0.05, 0.1) is 5.41 Å². The van der Waals surface area contributed by atoms with Crippen molar-refractivity contribution in [3.05, 3.63) is 29.3 Å². The lowest BCUT2D eigenvalue weighted by atomic mass is 9.39. The third kappa shape index (κ3) is 7.00. The first-order chi connectivity index (χ1) is 17.2. The summed E-state index contributed by atoms with van der Waals surface area (Å²) in [5.74, 6) is -9.11. The van der Waals surface area contributed by atoms with Crippen molar-refractivity contribution in [1.82, 2.24) is 5.32 Å². The molecule has 1 amide bonds. The van der Waals surface area contributed by atoms with Crippen LogP contribution in [-0.2, 0) is 9.59 Å². The highest BCUT2D eigenvalue weighted by atomic mass is 19.2. The zero-order valence-electron chi connectivity index (χ0n) is 21.3. The van der Waals surface area contributed by atoms with Crippen LogP contribution in [0.5, 0.6) is 5.75 Å². The van der Waals surface area contributed by atoms with E-state index in [9.17, 15) is 27.2 Å². The van der Waals surface area contributed by atoms with Crippen LogP contribution in [0.15, 0.2) is 6.07 Å². The summed E-state index contributed by atoms with van der Waals surface area (Å²) in [7, 11) is 0. The Labute approximate surface area is 211 Å². The van der Waals surface area contributed by atoms with Gasteiger partial charge in [-0.1, -0.05) is 84.0 Å². The molecule has 1 aromatic carbocycles. The first kappa shape index (κ1) is 28.5. The predicted molar refractivity (Wildman–Crippen MR) is 129 cm³/mol. The molecule has 0 unspecified atom stereocenters. The predicted octanol–water partition coefficient (Wildman–Crippen LogP) is 7.67.